The van der Waals surface area contributed by atoms with E-state index < -0.39 is 0 Å². The van der Waals surface area contributed by atoms with E-state index in [9.17, 15) is 19.7 Å². The summed E-state index contributed by atoms with van der Waals surface area (Å²) in [6, 6.07) is 6.76. The maximum absolute atomic E-state index is 13.0. The quantitative estimate of drug-likeness (QED) is 0.439. The average molecular weight is 384 g/mol. The summed E-state index contributed by atoms with van der Waals surface area (Å²) < 4.78 is 5.20. The molecule has 148 valence electrons. The number of nitro benzene ring substituents is 1. The third-order valence-electron chi connectivity index (χ3n) is 6.48. The molecular formula is C21H24N2O5. The molecule has 2 heterocycles. The Labute approximate surface area is 163 Å². The Morgan fingerprint density at radius 2 is 2.14 bits per heavy atom. The van der Waals surface area contributed by atoms with Gasteiger partial charge in [0, 0.05) is 48.5 Å². The van der Waals surface area contributed by atoms with Crippen LogP contribution in [0.4, 0.5) is 5.69 Å². The number of nitro groups is 1. The Bertz CT molecular complexity index is 877. The minimum absolute atomic E-state index is 0.0420. The van der Waals surface area contributed by atoms with Crippen molar-refractivity contribution < 1.29 is 19.2 Å². The van der Waals surface area contributed by atoms with E-state index in [1.54, 1.807) is 18.2 Å². The van der Waals surface area contributed by atoms with Gasteiger partial charge in [0.25, 0.3) is 5.69 Å². The van der Waals surface area contributed by atoms with Crippen LogP contribution in [0.5, 0.6) is 0 Å². The molecule has 2 atom stereocenters. The topological polar surface area (TPSA) is 89.8 Å². The molecule has 7 nitrogen and oxygen atoms in total. The zero-order valence-corrected chi connectivity index (χ0v) is 16.0. The first kappa shape index (κ1) is 18.7. The molecule has 1 aromatic carbocycles. The number of carbonyl (C=O) groups is 2. The fourth-order valence-electron chi connectivity index (χ4n) is 5.34. The zero-order valence-electron chi connectivity index (χ0n) is 16.0. The van der Waals surface area contributed by atoms with E-state index in [0.29, 0.717) is 25.1 Å². The molecule has 28 heavy (non-hydrogen) atoms. The summed E-state index contributed by atoms with van der Waals surface area (Å²) in [4.78, 5) is 37.3. The maximum atomic E-state index is 13.0. The Kier molecular flexibility index (Phi) is 4.69. The smallest absolute Gasteiger partial charge is 0.302 e. The summed E-state index contributed by atoms with van der Waals surface area (Å²) >= 11 is 0. The highest BCUT2D eigenvalue weighted by Gasteiger charge is 2.51. The van der Waals surface area contributed by atoms with Gasteiger partial charge in [-0.2, -0.15) is 0 Å². The van der Waals surface area contributed by atoms with E-state index in [-0.39, 0.29) is 40.2 Å². The molecule has 0 bridgehead atoms. The molecule has 3 aliphatic rings. The number of para-hydroxylation sites is 1. The lowest BCUT2D eigenvalue weighted by atomic mass is 9.72. The van der Waals surface area contributed by atoms with Crippen LogP contribution in [0.1, 0.15) is 56.9 Å². The van der Waals surface area contributed by atoms with Crippen LogP contribution in [0.15, 0.2) is 35.5 Å². The minimum Gasteiger partial charge on any atom is -0.466 e. The second kappa shape index (κ2) is 7.04. The first-order valence-electron chi connectivity index (χ1n) is 9.83. The monoisotopic (exact) mass is 384 g/mol. The molecule has 4 rings (SSSR count). The van der Waals surface area contributed by atoms with Gasteiger partial charge in [0.2, 0.25) is 5.91 Å². The van der Waals surface area contributed by atoms with Crippen LogP contribution in [-0.2, 0) is 14.3 Å². The van der Waals surface area contributed by atoms with Gasteiger partial charge in [-0.1, -0.05) is 18.2 Å². The minimum atomic E-state index is -0.360. The number of hydrogen-bond acceptors (Lipinski definition) is 5. The van der Waals surface area contributed by atoms with E-state index in [1.165, 1.54) is 13.0 Å². The van der Waals surface area contributed by atoms with Crippen molar-refractivity contribution in [1.29, 1.82) is 0 Å². The molecule has 0 aromatic heterocycles. The van der Waals surface area contributed by atoms with Crippen molar-refractivity contribution in [1.82, 2.24) is 4.90 Å². The molecule has 0 radical (unpaired) electrons. The van der Waals surface area contributed by atoms with Gasteiger partial charge in [-0.25, -0.2) is 0 Å². The number of piperidine rings is 1. The summed E-state index contributed by atoms with van der Waals surface area (Å²) in [5.41, 5.74) is 2.77. The molecule has 0 spiro atoms. The highest BCUT2D eigenvalue weighted by molar-refractivity contribution is 5.83. The van der Waals surface area contributed by atoms with Crippen molar-refractivity contribution in [3.8, 4) is 0 Å². The number of ether oxygens (including phenoxy) is 1. The fraction of sp³-hybridized carbons (Fsp3) is 0.524. The SMILES string of the molecule is CC(=O)OCC[C@]12CCCN3C(=O)C[C@H](c4ccccc4[N+](=O)[O-])C(=C31)CC2. The Hall–Kier alpha value is -2.70. The van der Waals surface area contributed by atoms with Crippen molar-refractivity contribution in [3.05, 3.63) is 51.2 Å². The van der Waals surface area contributed by atoms with Gasteiger partial charge >= 0.3 is 5.97 Å². The second-order valence-corrected chi connectivity index (χ2v) is 7.97. The molecule has 0 unspecified atom stereocenters. The van der Waals surface area contributed by atoms with Crippen LogP contribution >= 0.6 is 0 Å². The van der Waals surface area contributed by atoms with Gasteiger partial charge in [-0.15, -0.1) is 0 Å². The largest absolute Gasteiger partial charge is 0.466 e. The normalized spacial score (nSPS) is 26.2. The van der Waals surface area contributed by atoms with Gasteiger partial charge in [0.05, 0.1) is 11.5 Å². The Balaban J connectivity index is 1.76. The number of benzene rings is 1. The van der Waals surface area contributed by atoms with Crippen molar-refractivity contribution in [2.24, 2.45) is 5.41 Å². The van der Waals surface area contributed by atoms with Crippen LogP contribution < -0.4 is 0 Å². The predicted octanol–water partition coefficient (Wildman–Crippen LogP) is 3.69. The van der Waals surface area contributed by atoms with Gasteiger partial charge in [-0.05, 0) is 37.7 Å². The highest BCUT2D eigenvalue weighted by atomic mass is 16.6. The van der Waals surface area contributed by atoms with Gasteiger partial charge in [0.15, 0.2) is 0 Å². The third kappa shape index (κ3) is 2.99. The molecule has 1 amide bonds. The predicted molar refractivity (Wildman–Crippen MR) is 101 cm³/mol. The number of nitrogens with zero attached hydrogens (tertiary/aromatic N) is 2. The lowest BCUT2D eigenvalue weighted by Gasteiger charge is -2.46. The summed E-state index contributed by atoms with van der Waals surface area (Å²) in [7, 11) is 0. The third-order valence-corrected chi connectivity index (χ3v) is 6.48. The molecule has 2 aliphatic heterocycles. The van der Waals surface area contributed by atoms with Crippen LogP contribution in [0, 0.1) is 15.5 Å². The molecule has 1 saturated heterocycles. The number of esters is 1. The first-order chi connectivity index (χ1) is 13.4. The molecule has 1 aliphatic carbocycles. The lowest BCUT2D eigenvalue weighted by Crippen LogP contribution is -2.46. The highest BCUT2D eigenvalue weighted by Crippen LogP contribution is 2.58. The van der Waals surface area contributed by atoms with Crippen molar-refractivity contribution >= 4 is 17.6 Å². The van der Waals surface area contributed by atoms with Gasteiger partial charge in [-0.3, -0.25) is 19.7 Å². The van der Waals surface area contributed by atoms with Crippen LogP contribution in [0.25, 0.3) is 0 Å². The van der Waals surface area contributed by atoms with E-state index >= 15 is 0 Å². The summed E-state index contributed by atoms with van der Waals surface area (Å²) in [6.07, 6.45) is 4.59. The average Bonchev–Trinajstić information content (AvgIpc) is 3.05. The maximum Gasteiger partial charge on any atom is 0.302 e. The van der Waals surface area contributed by atoms with Gasteiger partial charge < -0.3 is 9.64 Å². The molecular weight excluding hydrogens is 360 g/mol. The van der Waals surface area contributed by atoms with Crippen LogP contribution in [0.3, 0.4) is 0 Å². The standard InChI is InChI=1S/C21H24N2O5/c1-14(24)28-12-10-21-8-4-11-22-19(25)13-17(16(7-9-21)20(21)22)15-5-2-3-6-18(15)23(26)27/h2-3,5-6,17H,4,7-13H2,1H3/t17-,21-/m1/s1. The van der Waals surface area contributed by atoms with Gasteiger partial charge in [0.1, 0.15) is 0 Å². The number of hydrogen-bond donors (Lipinski definition) is 0. The molecule has 7 heteroatoms. The molecule has 1 fully saturated rings. The number of carbonyl (C=O) groups excluding carboxylic acids is 2. The summed E-state index contributed by atoms with van der Waals surface area (Å²) in [5.74, 6) is -0.497. The second-order valence-electron chi connectivity index (χ2n) is 7.97. The molecule has 0 N–H and O–H groups in total. The fourth-order valence-corrected chi connectivity index (χ4v) is 5.34. The zero-order chi connectivity index (χ0) is 19.9. The molecule has 1 aromatic rings. The Morgan fingerprint density at radius 3 is 2.89 bits per heavy atom. The van der Waals surface area contributed by atoms with E-state index in [1.807, 2.05) is 4.90 Å². The summed E-state index contributed by atoms with van der Waals surface area (Å²) in [6.45, 7) is 2.44. The lowest BCUT2D eigenvalue weighted by molar-refractivity contribution is -0.385. The first-order valence-corrected chi connectivity index (χ1v) is 9.83. The Morgan fingerprint density at radius 1 is 1.36 bits per heavy atom. The van der Waals surface area contributed by atoms with Crippen LogP contribution in [-0.4, -0.2) is 34.9 Å². The van der Waals surface area contributed by atoms with Crippen molar-refractivity contribution in [2.75, 3.05) is 13.2 Å². The van der Waals surface area contributed by atoms with E-state index in [0.717, 1.165) is 37.0 Å². The van der Waals surface area contributed by atoms with E-state index in [4.69, 9.17) is 4.74 Å². The number of allylic oxidation sites excluding steroid dienone is 2. The summed E-state index contributed by atoms with van der Waals surface area (Å²) in [5, 5.41) is 11.5. The van der Waals surface area contributed by atoms with Crippen LogP contribution in [0.2, 0.25) is 0 Å². The van der Waals surface area contributed by atoms with Crippen molar-refractivity contribution in [2.45, 2.75) is 51.4 Å². The molecule has 0 saturated carbocycles. The van der Waals surface area contributed by atoms with E-state index in [2.05, 4.69) is 0 Å². The number of rotatable bonds is 5. The number of amides is 1. The van der Waals surface area contributed by atoms with Crippen molar-refractivity contribution in [3.63, 3.8) is 0 Å².